The highest BCUT2D eigenvalue weighted by molar-refractivity contribution is 7.91. The maximum atomic E-state index is 11.4. The standard InChI is InChI=1S/C9H10O6S2/c1-16(11,12)15-7-2-3-8-6(4-7)5-17(13,14)9(8)10/h2-4,9-10H,5H2,1H3. The number of rotatable bonds is 2. The lowest BCUT2D eigenvalue weighted by atomic mass is 10.1. The molecule has 1 unspecified atom stereocenters. The van der Waals surface area contributed by atoms with Crippen molar-refractivity contribution in [2.75, 3.05) is 6.26 Å². The molecule has 2 rings (SSSR count). The Morgan fingerprint density at radius 3 is 2.65 bits per heavy atom. The fourth-order valence-corrected chi connectivity index (χ4v) is 3.58. The molecule has 1 heterocycles. The first kappa shape index (κ1) is 12.3. The van der Waals surface area contributed by atoms with Crippen LogP contribution in [0.15, 0.2) is 18.2 Å². The van der Waals surface area contributed by atoms with Gasteiger partial charge in [-0.1, -0.05) is 6.07 Å². The van der Waals surface area contributed by atoms with Crippen molar-refractivity contribution in [1.82, 2.24) is 0 Å². The van der Waals surface area contributed by atoms with Gasteiger partial charge >= 0.3 is 10.1 Å². The summed E-state index contributed by atoms with van der Waals surface area (Å²) in [5.41, 5.74) is -0.908. The number of hydrogen-bond acceptors (Lipinski definition) is 6. The predicted molar refractivity (Wildman–Crippen MR) is 59.5 cm³/mol. The lowest BCUT2D eigenvalue weighted by Crippen LogP contribution is -2.06. The van der Waals surface area contributed by atoms with E-state index in [4.69, 9.17) is 0 Å². The fraction of sp³-hybridized carbons (Fsp3) is 0.333. The molecule has 0 amide bonds. The maximum Gasteiger partial charge on any atom is 0.306 e. The third kappa shape index (κ3) is 2.43. The minimum Gasteiger partial charge on any atom is -0.383 e. The molecule has 1 aromatic rings. The van der Waals surface area contributed by atoms with Crippen LogP contribution in [-0.2, 0) is 25.7 Å². The van der Waals surface area contributed by atoms with E-state index in [1.807, 2.05) is 0 Å². The highest BCUT2D eigenvalue weighted by atomic mass is 32.2. The summed E-state index contributed by atoms with van der Waals surface area (Å²) in [7, 11) is -7.24. The third-order valence-electron chi connectivity index (χ3n) is 2.32. The summed E-state index contributed by atoms with van der Waals surface area (Å²) < 4.78 is 49.2. The molecular weight excluding hydrogens is 268 g/mol. The van der Waals surface area contributed by atoms with Crippen LogP contribution in [0.25, 0.3) is 0 Å². The van der Waals surface area contributed by atoms with E-state index in [0.29, 0.717) is 5.56 Å². The Bertz CT molecular complexity index is 659. The number of fused-ring (bicyclic) bond motifs is 1. The molecule has 0 bridgehead atoms. The van der Waals surface area contributed by atoms with Crippen LogP contribution >= 0.6 is 0 Å². The molecule has 0 radical (unpaired) electrons. The Kier molecular flexibility index (Phi) is 2.68. The number of aliphatic hydroxyl groups is 1. The second-order valence-electron chi connectivity index (χ2n) is 3.81. The fourth-order valence-electron chi connectivity index (χ4n) is 1.66. The lowest BCUT2D eigenvalue weighted by Gasteiger charge is -2.05. The zero-order valence-electron chi connectivity index (χ0n) is 8.82. The van der Waals surface area contributed by atoms with Crippen molar-refractivity contribution in [2.24, 2.45) is 0 Å². The molecule has 8 heteroatoms. The Morgan fingerprint density at radius 2 is 2.06 bits per heavy atom. The molecule has 0 fully saturated rings. The highest BCUT2D eigenvalue weighted by Gasteiger charge is 2.35. The van der Waals surface area contributed by atoms with Crippen LogP contribution < -0.4 is 4.18 Å². The van der Waals surface area contributed by atoms with E-state index in [0.717, 1.165) is 6.26 Å². The molecular formula is C9H10O6S2. The molecule has 1 aliphatic rings. The van der Waals surface area contributed by atoms with Crippen LogP contribution in [0.4, 0.5) is 0 Å². The van der Waals surface area contributed by atoms with Crippen molar-refractivity contribution in [3.63, 3.8) is 0 Å². The summed E-state index contributed by atoms with van der Waals surface area (Å²) in [6.07, 6.45) is 0.895. The van der Waals surface area contributed by atoms with Crippen molar-refractivity contribution in [1.29, 1.82) is 0 Å². The average molecular weight is 278 g/mol. The number of sulfone groups is 1. The first-order chi connectivity index (χ1) is 7.69. The smallest absolute Gasteiger partial charge is 0.306 e. The summed E-state index contributed by atoms with van der Waals surface area (Å²) in [6, 6.07) is 3.97. The van der Waals surface area contributed by atoms with Gasteiger partial charge in [0, 0.05) is 5.56 Å². The van der Waals surface area contributed by atoms with Crippen LogP contribution in [0.1, 0.15) is 16.6 Å². The normalized spacial score (nSPS) is 22.1. The predicted octanol–water partition coefficient (Wildman–Crippen LogP) is -0.0557. The van der Waals surface area contributed by atoms with Gasteiger partial charge in [0.2, 0.25) is 0 Å². The van der Waals surface area contributed by atoms with Gasteiger partial charge in [-0.25, -0.2) is 8.42 Å². The van der Waals surface area contributed by atoms with Crippen molar-refractivity contribution in [3.05, 3.63) is 29.3 Å². The second-order valence-corrected chi connectivity index (χ2v) is 7.44. The molecule has 1 N–H and O–H groups in total. The van der Waals surface area contributed by atoms with Gasteiger partial charge in [0.25, 0.3) is 0 Å². The Balaban J connectivity index is 2.43. The van der Waals surface area contributed by atoms with Crippen molar-refractivity contribution in [2.45, 2.75) is 11.2 Å². The van der Waals surface area contributed by atoms with E-state index in [2.05, 4.69) is 4.18 Å². The van der Waals surface area contributed by atoms with Crippen molar-refractivity contribution < 1.29 is 26.1 Å². The lowest BCUT2D eigenvalue weighted by molar-refractivity contribution is 0.258. The molecule has 94 valence electrons. The Hall–Kier alpha value is -1.12. The highest BCUT2D eigenvalue weighted by Crippen LogP contribution is 2.36. The first-order valence-electron chi connectivity index (χ1n) is 4.61. The molecule has 1 atom stereocenters. The third-order valence-corrected chi connectivity index (χ3v) is 4.47. The van der Waals surface area contributed by atoms with Crippen LogP contribution in [0, 0.1) is 0 Å². The van der Waals surface area contributed by atoms with E-state index in [1.165, 1.54) is 18.2 Å². The van der Waals surface area contributed by atoms with E-state index in [-0.39, 0.29) is 17.1 Å². The van der Waals surface area contributed by atoms with Gasteiger partial charge in [-0.2, -0.15) is 8.42 Å². The maximum absolute atomic E-state index is 11.4. The zero-order chi connectivity index (χ0) is 12.8. The van der Waals surface area contributed by atoms with Crippen molar-refractivity contribution in [3.8, 4) is 5.75 Å². The molecule has 1 aromatic carbocycles. The van der Waals surface area contributed by atoms with Gasteiger partial charge < -0.3 is 9.29 Å². The summed E-state index contributed by atoms with van der Waals surface area (Å²) in [5.74, 6) is -0.277. The van der Waals surface area contributed by atoms with Gasteiger partial charge in [0.1, 0.15) is 5.75 Å². The minimum absolute atomic E-state index is 0.0375. The van der Waals surface area contributed by atoms with Crippen LogP contribution in [0.3, 0.4) is 0 Å². The van der Waals surface area contributed by atoms with E-state index in [1.54, 1.807) is 0 Å². The molecule has 17 heavy (non-hydrogen) atoms. The number of aliphatic hydroxyl groups excluding tert-OH is 1. The largest absolute Gasteiger partial charge is 0.383 e. The van der Waals surface area contributed by atoms with Crippen molar-refractivity contribution >= 4 is 20.0 Å². The number of hydrogen-bond donors (Lipinski definition) is 1. The number of benzene rings is 1. The summed E-state index contributed by atoms with van der Waals surface area (Å²) in [5, 5.41) is 9.49. The first-order valence-corrected chi connectivity index (χ1v) is 8.14. The minimum atomic E-state index is -3.65. The topological polar surface area (TPSA) is 97.7 Å². The van der Waals surface area contributed by atoms with Gasteiger partial charge in [0.05, 0.1) is 12.0 Å². The van der Waals surface area contributed by atoms with Crippen LogP contribution in [0.5, 0.6) is 5.75 Å². The van der Waals surface area contributed by atoms with E-state index in [9.17, 15) is 21.9 Å². The van der Waals surface area contributed by atoms with Gasteiger partial charge in [-0.3, -0.25) is 0 Å². The molecule has 1 aliphatic heterocycles. The molecule has 0 saturated carbocycles. The van der Waals surface area contributed by atoms with Gasteiger partial charge in [-0.15, -0.1) is 0 Å². The molecule has 0 saturated heterocycles. The zero-order valence-corrected chi connectivity index (χ0v) is 10.5. The van der Waals surface area contributed by atoms with Gasteiger partial charge in [-0.05, 0) is 17.7 Å². The SMILES string of the molecule is CS(=O)(=O)Oc1ccc2c(c1)CS(=O)(=O)C2O. The molecule has 6 nitrogen and oxygen atoms in total. The summed E-state index contributed by atoms with van der Waals surface area (Å²) >= 11 is 0. The Morgan fingerprint density at radius 1 is 1.41 bits per heavy atom. The average Bonchev–Trinajstić information content (AvgIpc) is 2.34. The van der Waals surface area contributed by atoms with Crippen LogP contribution in [-0.4, -0.2) is 28.2 Å². The van der Waals surface area contributed by atoms with Gasteiger partial charge in [0.15, 0.2) is 15.3 Å². The summed E-state index contributed by atoms with van der Waals surface area (Å²) in [6.45, 7) is 0. The molecule has 0 aliphatic carbocycles. The Labute approximate surface area is 98.9 Å². The monoisotopic (exact) mass is 278 g/mol. The van der Waals surface area contributed by atoms with E-state index < -0.39 is 25.4 Å². The molecule has 0 spiro atoms. The second kappa shape index (κ2) is 3.69. The van der Waals surface area contributed by atoms with E-state index >= 15 is 0 Å². The molecule has 0 aromatic heterocycles. The summed E-state index contributed by atoms with van der Waals surface area (Å²) in [4.78, 5) is 0. The van der Waals surface area contributed by atoms with Crippen LogP contribution in [0.2, 0.25) is 0 Å². The quantitative estimate of drug-likeness (QED) is 0.761.